The zero-order valence-electron chi connectivity index (χ0n) is 9.06. The third-order valence-corrected chi connectivity index (χ3v) is 3.14. The van der Waals surface area contributed by atoms with Gasteiger partial charge < -0.3 is 5.11 Å². The summed E-state index contributed by atoms with van der Waals surface area (Å²) < 4.78 is 0. The van der Waals surface area contributed by atoms with Crippen molar-refractivity contribution in [2.45, 2.75) is 53.4 Å². The molecule has 0 radical (unpaired) electrons. The van der Waals surface area contributed by atoms with Crippen LogP contribution in [0.1, 0.15) is 53.4 Å². The van der Waals surface area contributed by atoms with Crippen molar-refractivity contribution in [3.05, 3.63) is 0 Å². The van der Waals surface area contributed by atoms with Crippen molar-refractivity contribution < 1.29 is 5.11 Å². The molecule has 0 atom stereocenters. The summed E-state index contributed by atoms with van der Waals surface area (Å²) in [5.41, 5.74) is 0.292. The molecule has 0 spiro atoms. The molecule has 1 saturated carbocycles. The molecule has 74 valence electrons. The number of hydrogen-bond donors (Lipinski definition) is 1. The summed E-state index contributed by atoms with van der Waals surface area (Å²) in [5.74, 6) is 0.653. The highest BCUT2D eigenvalue weighted by atomic mass is 16.3. The lowest BCUT2D eigenvalue weighted by Crippen LogP contribution is -2.27. The van der Waals surface area contributed by atoms with Gasteiger partial charge in [-0.05, 0) is 24.2 Å². The number of hydrogen-bond acceptors (Lipinski definition) is 1. The molecule has 0 saturated heterocycles. The maximum Gasteiger partial charge on any atom is 0.0489 e. The smallest absolute Gasteiger partial charge is 0.0489 e. The Morgan fingerprint density at radius 3 is 1.75 bits per heavy atom. The van der Waals surface area contributed by atoms with Crippen LogP contribution in [-0.2, 0) is 0 Å². The maximum absolute atomic E-state index is 9.19. The molecule has 12 heavy (non-hydrogen) atoms. The van der Waals surface area contributed by atoms with E-state index >= 15 is 0 Å². The first-order chi connectivity index (χ1) is 5.71. The molecule has 1 N–H and O–H groups in total. The van der Waals surface area contributed by atoms with Crippen LogP contribution in [0.4, 0.5) is 0 Å². The van der Waals surface area contributed by atoms with Crippen LogP contribution in [-0.4, -0.2) is 11.7 Å². The summed E-state index contributed by atoms with van der Waals surface area (Å²) in [6.07, 6.45) is 5.11. The quantitative estimate of drug-likeness (QED) is 0.678. The molecule has 1 fully saturated rings. The van der Waals surface area contributed by atoms with E-state index in [0.717, 1.165) is 0 Å². The lowest BCUT2D eigenvalue weighted by Gasteiger charge is -2.30. The third kappa shape index (κ3) is 2.48. The van der Waals surface area contributed by atoms with E-state index in [4.69, 9.17) is 0 Å². The Morgan fingerprint density at radius 1 is 1.17 bits per heavy atom. The van der Waals surface area contributed by atoms with Crippen molar-refractivity contribution in [3.63, 3.8) is 0 Å². The van der Waals surface area contributed by atoms with Gasteiger partial charge in [0.05, 0.1) is 0 Å². The molecule has 0 aromatic heterocycles. The lowest BCUT2D eigenvalue weighted by atomic mass is 9.77. The molecule has 1 nitrogen and oxygen atoms in total. The molecule has 1 rings (SSSR count). The van der Waals surface area contributed by atoms with E-state index in [1.165, 1.54) is 25.7 Å². The highest BCUT2D eigenvalue weighted by molar-refractivity contribution is 4.86. The van der Waals surface area contributed by atoms with Gasteiger partial charge in [0, 0.05) is 6.61 Å². The lowest BCUT2D eigenvalue weighted by molar-refractivity contribution is 0.0830. The van der Waals surface area contributed by atoms with Gasteiger partial charge >= 0.3 is 0 Å². The molecule has 1 aliphatic carbocycles. The average molecular weight is 172 g/mol. The van der Waals surface area contributed by atoms with E-state index in [2.05, 4.69) is 13.8 Å². The van der Waals surface area contributed by atoms with Gasteiger partial charge in [0.2, 0.25) is 0 Å². The van der Waals surface area contributed by atoms with Gasteiger partial charge in [-0.25, -0.2) is 0 Å². The first-order valence-electron chi connectivity index (χ1n) is 5.32. The van der Waals surface area contributed by atoms with E-state index in [-0.39, 0.29) is 0 Å². The molecule has 1 heteroatoms. The highest BCUT2D eigenvalue weighted by Gasteiger charge is 2.35. The largest absolute Gasteiger partial charge is 0.396 e. The molecule has 1 aliphatic rings. The van der Waals surface area contributed by atoms with Gasteiger partial charge in [-0.2, -0.15) is 0 Å². The van der Waals surface area contributed by atoms with Crippen LogP contribution in [0.3, 0.4) is 0 Å². The van der Waals surface area contributed by atoms with Crippen molar-refractivity contribution in [1.29, 1.82) is 0 Å². The Balaban J connectivity index is 0.000000561. The van der Waals surface area contributed by atoms with Crippen LogP contribution in [0.2, 0.25) is 0 Å². The van der Waals surface area contributed by atoms with Crippen molar-refractivity contribution in [3.8, 4) is 0 Å². The Hall–Kier alpha value is -0.0400. The molecule has 0 unspecified atom stereocenters. The average Bonchev–Trinajstić information content (AvgIpc) is 2.57. The minimum atomic E-state index is 0.292. The maximum atomic E-state index is 9.19. The van der Waals surface area contributed by atoms with E-state index in [9.17, 15) is 5.11 Å². The fourth-order valence-electron chi connectivity index (χ4n) is 2.00. The van der Waals surface area contributed by atoms with Crippen LogP contribution in [0, 0.1) is 11.3 Å². The number of aliphatic hydroxyl groups is 1. The summed E-state index contributed by atoms with van der Waals surface area (Å²) in [5, 5.41) is 9.19. The third-order valence-electron chi connectivity index (χ3n) is 3.14. The Labute approximate surface area is 77.2 Å². The molecular weight excluding hydrogens is 148 g/mol. The van der Waals surface area contributed by atoms with Crippen molar-refractivity contribution >= 4 is 0 Å². The van der Waals surface area contributed by atoms with Gasteiger partial charge in [-0.15, -0.1) is 0 Å². The molecule has 0 aliphatic heterocycles. The second-order valence-electron chi connectivity index (χ2n) is 3.88. The number of aliphatic hydroxyl groups excluding tert-OH is 1. The van der Waals surface area contributed by atoms with Gasteiger partial charge in [0.25, 0.3) is 0 Å². The van der Waals surface area contributed by atoms with Crippen molar-refractivity contribution in [2.24, 2.45) is 11.3 Å². The van der Waals surface area contributed by atoms with Crippen LogP contribution in [0.15, 0.2) is 0 Å². The zero-order valence-corrected chi connectivity index (χ0v) is 9.06. The van der Waals surface area contributed by atoms with E-state index in [1.54, 1.807) is 0 Å². The summed E-state index contributed by atoms with van der Waals surface area (Å²) in [6.45, 7) is 8.84. The first-order valence-corrected chi connectivity index (χ1v) is 5.32. The van der Waals surface area contributed by atoms with E-state index < -0.39 is 0 Å². The summed E-state index contributed by atoms with van der Waals surface area (Å²) in [7, 11) is 0. The van der Waals surface area contributed by atoms with Crippen molar-refractivity contribution in [1.82, 2.24) is 0 Å². The fraction of sp³-hybridized carbons (Fsp3) is 1.00. The van der Waals surface area contributed by atoms with Crippen LogP contribution < -0.4 is 0 Å². The van der Waals surface area contributed by atoms with Gasteiger partial charge in [-0.1, -0.05) is 40.5 Å². The molecule has 0 bridgehead atoms. The fourth-order valence-corrected chi connectivity index (χ4v) is 2.00. The molecule has 0 aromatic rings. The number of rotatable bonds is 2. The van der Waals surface area contributed by atoms with Crippen LogP contribution in [0.5, 0.6) is 0 Å². The van der Waals surface area contributed by atoms with Gasteiger partial charge in [0.15, 0.2) is 0 Å². The van der Waals surface area contributed by atoms with E-state index in [1.807, 2.05) is 13.8 Å². The monoisotopic (exact) mass is 172 g/mol. The van der Waals surface area contributed by atoms with E-state index in [0.29, 0.717) is 17.9 Å². The second kappa shape index (κ2) is 5.58. The summed E-state index contributed by atoms with van der Waals surface area (Å²) in [4.78, 5) is 0. The predicted octanol–water partition coefficient (Wildman–Crippen LogP) is 3.22. The molecular formula is C11H24O. The minimum Gasteiger partial charge on any atom is -0.396 e. The van der Waals surface area contributed by atoms with Crippen LogP contribution in [0.25, 0.3) is 0 Å². The SMILES string of the molecule is CC.CC(C)C1(CO)CCCC1. The molecule has 0 amide bonds. The molecule has 0 aromatic carbocycles. The first kappa shape index (κ1) is 12.0. The normalized spacial score (nSPS) is 20.5. The topological polar surface area (TPSA) is 20.2 Å². The Morgan fingerprint density at radius 2 is 1.58 bits per heavy atom. The Kier molecular flexibility index (Phi) is 5.56. The minimum absolute atomic E-state index is 0.292. The Bertz CT molecular complexity index is 102. The standard InChI is InChI=1S/C9H18O.C2H6/c1-8(2)9(7-10)5-3-4-6-9;1-2/h8,10H,3-7H2,1-2H3;1-2H3. The van der Waals surface area contributed by atoms with Gasteiger partial charge in [0.1, 0.15) is 0 Å². The summed E-state index contributed by atoms with van der Waals surface area (Å²) >= 11 is 0. The second-order valence-corrected chi connectivity index (χ2v) is 3.88. The zero-order chi connectivity index (χ0) is 9.61. The van der Waals surface area contributed by atoms with Gasteiger partial charge in [-0.3, -0.25) is 0 Å². The predicted molar refractivity (Wildman–Crippen MR) is 54.2 cm³/mol. The highest BCUT2D eigenvalue weighted by Crippen LogP contribution is 2.43. The van der Waals surface area contributed by atoms with Crippen LogP contribution >= 0.6 is 0 Å². The molecule has 0 heterocycles. The summed E-state index contributed by atoms with van der Waals surface area (Å²) in [6, 6.07) is 0. The van der Waals surface area contributed by atoms with Crippen molar-refractivity contribution in [2.75, 3.05) is 6.61 Å².